The van der Waals surface area contributed by atoms with Gasteiger partial charge in [0.1, 0.15) is 6.07 Å². The summed E-state index contributed by atoms with van der Waals surface area (Å²) in [5.41, 5.74) is 4.57. The molecule has 1 aromatic carbocycles. The zero-order chi connectivity index (χ0) is 15.2. The summed E-state index contributed by atoms with van der Waals surface area (Å²) in [6.45, 7) is 1.96. The van der Waals surface area contributed by atoms with Crippen LogP contribution in [0.3, 0.4) is 0 Å². The Morgan fingerprint density at radius 1 is 1.33 bits per heavy atom. The predicted octanol–water partition coefficient (Wildman–Crippen LogP) is 4.84. The molecule has 0 bridgehead atoms. The lowest BCUT2D eigenvalue weighted by atomic mass is 9.91. The van der Waals surface area contributed by atoms with Crippen molar-refractivity contribution in [3.05, 3.63) is 64.8 Å². The Hall–Kier alpha value is -2.02. The fraction of sp³-hybridized carbons (Fsp3) is 0.125. The highest BCUT2D eigenvalue weighted by Crippen LogP contribution is 2.28. The van der Waals surface area contributed by atoms with Crippen LogP contribution in [-0.4, -0.2) is 10.3 Å². The molecule has 1 aromatic rings. The summed E-state index contributed by atoms with van der Waals surface area (Å²) in [7, 11) is 0. The average Bonchev–Trinajstić information content (AvgIpc) is 2.48. The van der Waals surface area contributed by atoms with Gasteiger partial charge in [-0.1, -0.05) is 42.5 Å². The maximum atomic E-state index is 9.43. The molecule has 1 aliphatic rings. The van der Waals surface area contributed by atoms with Crippen LogP contribution in [0.1, 0.15) is 18.9 Å². The van der Waals surface area contributed by atoms with E-state index in [0.29, 0.717) is 16.0 Å². The Labute approximate surface area is 134 Å². The van der Waals surface area contributed by atoms with Crippen molar-refractivity contribution < 1.29 is 0 Å². The third-order valence-electron chi connectivity index (χ3n) is 3.17. The smallest absolute Gasteiger partial charge is 0.100 e. The van der Waals surface area contributed by atoms with Crippen LogP contribution < -0.4 is 0 Å². The lowest BCUT2D eigenvalue weighted by Crippen LogP contribution is -1.99. The predicted molar refractivity (Wildman–Crippen MR) is 87.5 cm³/mol. The van der Waals surface area contributed by atoms with Gasteiger partial charge in [0, 0.05) is 0 Å². The van der Waals surface area contributed by atoms with Crippen molar-refractivity contribution in [3.63, 3.8) is 0 Å². The molecule has 0 aliphatic heterocycles. The van der Waals surface area contributed by atoms with Crippen LogP contribution in [0.2, 0.25) is 0 Å². The Bertz CT molecular complexity index is 677. The molecule has 0 atom stereocenters. The molecule has 0 heterocycles. The molecular formula is C16H13Cl2N3. The SMILES string of the molecule is CC1=CC(=C(C#N)c2ccccc2)CC=C1C=NN(Cl)Cl. The molecule has 106 valence electrons. The molecule has 5 heteroatoms. The van der Waals surface area contributed by atoms with Crippen molar-refractivity contribution in [2.75, 3.05) is 0 Å². The van der Waals surface area contributed by atoms with E-state index in [-0.39, 0.29) is 0 Å². The van der Waals surface area contributed by atoms with Gasteiger partial charge in [-0.25, -0.2) is 0 Å². The van der Waals surface area contributed by atoms with E-state index in [4.69, 9.17) is 23.6 Å². The summed E-state index contributed by atoms with van der Waals surface area (Å²) < 4.78 is 0.712. The van der Waals surface area contributed by atoms with E-state index in [0.717, 1.165) is 22.3 Å². The summed E-state index contributed by atoms with van der Waals surface area (Å²) in [5, 5.41) is 13.2. The van der Waals surface area contributed by atoms with E-state index in [9.17, 15) is 5.26 Å². The number of hydrogen-bond acceptors (Lipinski definition) is 3. The highest BCUT2D eigenvalue weighted by Gasteiger charge is 2.12. The monoisotopic (exact) mass is 317 g/mol. The van der Waals surface area contributed by atoms with Crippen LogP contribution in [0.5, 0.6) is 0 Å². The van der Waals surface area contributed by atoms with Gasteiger partial charge >= 0.3 is 0 Å². The van der Waals surface area contributed by atoms with Gasteiger partial charge in [-0.15, -0.1) is 4.05 Å². The largest absolute Gasteiger partial charge is 0.192 e. The lowest BCUT2D eigenvalue weighted by molar-refractivity contribution is 0.783. The summed E-state index contributed by atoms with van der Waals surface area (Å²) in [4.78, 5) is 0. The van der Waals surface area contributed by atoms with E-state index < -0.39 is 0 Å². The molecular weight excluding hydrogens is 305 g/mol. The second kappa shape index (κ2) is 7.12. The van der Waals surface area contributed by atoms with Crippen molar-refractivity contribution >= 4 is 35.3 Å². The minimum Gasteiger partial charge on any atom is -0.192 e. The van der Waals surface area contributed by atoms with Gasteiger partial charge < -0.3 is 0 Å². The number of allylic oxidation sites excluding steroid dienone is 6. The van der Waals surface area contributed by atoms with Crippen LogP contribution in [-0.2, 0) is 0 Å². The molecule has 0 unspecified atom stereocenters. The van der Waals surface area contributed by atoms with Crippen molar-refractivity contribution in [1.82, 2.24) is 4.05 Å². The molecule has 0 fully saturated rings. The number of hydrogen-bond donors (Lipinski definition) is 0. The number of nitriles is 1. The molecule has 3 nitrogen and oxygen atoms in total. The van der Waals surface area contributed by atoms with Gasteiger partial charge in [0.05, 0.1) is 35.3 Å². The first kappa shape index (κ1) is 15.4. The van der Waals surface area contributed by atoms with Crippen molar-refractivity contribution in [2.45, 2.75) is 13.3 Å². The normalized spacial score (nSPS) is 17.0. The van der Waals surface area contributed by atoms with Gasteiger partial charge in [-0.2, -0.15) is 10.4 Å². The highest BCUT2D eigenvalue weighted by molar-refractivity contribution is 6.33. The summed E-state index contributed by atoms with van der Waals surface area (Å²) in [6.07, 6.45) is 6.27. The van der Waals surface area contributed by atoms with Gasteiger partial charge in [0.25, 0.3) is 0 Å². The molecule has 0 radical (unpaired) electrons. The van der Waals surface area contributed by atoms with E-state index in [1.807, 2.05) is 49.4 Å². The van der Waals surface area contributed by atoms with Gasteiger partial charge in [0.2, 0.25) is 0 Å². The number of nitrogens with zero attached hydrogens (tertiary/aromatic N) is 3. The Morgan fingerprint density at radius 3 is 2.62 bits per heavy atom. The quantitative estimate of drug-likeness (QED) is 0.346. The molecule has 0 N–H and O–H groups in total. The maximum absolute atomic E-state index is 9.43. The summed E-state index contributed by atoms with van der Waals surface area (Å²) in [6, 6.07) is 12.0. The zero-order valence-corrected chi connectivity index (χ0v) is 12.9. The lowest BCUT2D eigenvalue weighted by Gasteiger charge is -2.13. The van der Waals surface area contributed by atoms with E-state index in [1.165, 1.54) is 0 Å². The second-order valence-corrected chi connectivity index (χ2v) is 5.34. The van der Waals surface area contributed by atoms with Crippen molar-refractivity contribution in [3.8, 4) is 6.07 Å². The molecule has 0 saturated heterocycles. The van der Waals surface area contributed by atoms with Crippen molar-refractivity contribution in [1.29, 1.82) is 5.26 Å². The van der Waals surface area contributed by atoms with Crippen molar-refractivity contribution in [2.24, 2.45) is 5.10 Å². The molecule has 0 spiro atoms. The average molecular weight is 318 g/mol. The molecule has 1 aliphatic carbocycles. The molecule has 2 rings (SSSR count). The number of hydrazone groups is 1. The zero-order valence-electron chi connectivity index (χ0n) is 11.4. The fourth-order valence-corrected chi connectivity index (χ4v) is 2.23. The minimum absolute atomic E-state index is 0.668. The molecule has 0 saturated carbocycles. The first-order valence-electron chi connectivity index (χ1n) is 6.35. The van der Waals surface area contributed by atoms with Gasteiger partial charge in [-0.05, 0) is 35.6 Å². The summed E-state index contributed by atoms with van der Waals surface area (Å²) >= 11 is 10.9. The number of benzene rings is 1. The van der Waals surface area contributed by atoms with Crippen LogP contribution in [0.4, 0.5) is 0 Å². The molecule has 0 aromatic heterocycles. The third-order valence-corrected chi connectivity index (χ3v) is 3.34. The first-order valence-corrected chi connectivity index (χ1v) is 7.02. The van der Waals surface area contributed by atoms with Gasteiger partial charge in [0.15, 0.2) is 0 Å². The molecule has 21 heavy (non-hydrogen) atoms. The first-order chi connectivity index (χ1) is 10.1. The highest BCUT2D eigenvalue weighted by atomic mass is 35.5. The van der Waals surface area contributed by atoms with Crippen LogP contribution in [0, 0.1) is 11.3 Å². The number of halogens is 2. The van der Waals surface area contributed by atoms with Crippen LogP contribution >= 0.6 is 23.6 Å². The van der Waals surface area contributed by atoms with Gasteiger partial charge in [-0.3, -0.25) is 0 Å². The maximum Gasteiger partial charge on any atom is 0.100 e. The Kier molecular flexibility index (Phi) is 5.21. The fourth-order valence-electron chi connectivity index (χ4n) is 2.15. The Balaban J connectivity index is 2.33. The standard InChI is InChI=1S/C16H13Cl2N3/c1-12-9-14(7-8-15(12)11-20-21(17)18)16(10-19)13-5-3-2-4-6-13/h2-6,8-9,11H,7H2,1H3. The third kappa shape index (κ3) is 3.98. The Morgan fingerprint density at radius 2 is 2.05 bits per heavy atom. The topological polar surface area (TPSA) is 39.4 Å². The van der Waals surface area contributed by atoms with E-state index in [2.05, 4.69) is 11.2 Å². The second-order valence-electron chi connectivity index (χ2n) is 4.53. The molecule has 0 amide bonds. The minimum atomic E-state index is 0.668. The van der Waals surface area contributed by atoms with Crippen LogP contribution in [0.15, 0.2) is 64.3 Å². The summed E-state index contributed by atoms with van der Waals surface area (Å²) in [5.74, 6) is 0. The van der Waals surface area contributed by atoms with Crippen LogP contribution in [0.25, 0.3) is 5.57 Å². The van der Waals surface area contributed by atoms with E-state index >= 15 is 0 Å². The van der Waals surface area contributed by atoms with E-state index in [1.54, 1.807) is 6.21 Å². The number of rotatable bonds is 3.